The number of halogens is 3. The van der Waals surface area contributed by atoms with Crippen molar-refractivity contribution in [2.75, 3.05) is 32.8 Å². The summed E-state index contributed by atoms with van der Waals surface area (Å²) in [7, 11) is 0. The summed E-state index contributed by atoms with van der Waals surface area (Å²) in [5.74, 6) is -0.445. The molecule has 1 aliphatic rings. The van der Waals surface area contributed by atoms with Crippen LogP contribution in [0.25, 0.3) is 0 Å². The number of carbonyl (C=O) groups is 1. The van der Waals surface area contributed by atoms with E-state index in [2.05, 4.69) is 9.89 Å². The Morgan fingerprint density at radius 3 is 2.69 bits per heavy atom. The van der Waals surface area contributed by atoms with Gasteiger partial charge in [-0.2, -0.15) is 13.2 Å². The van der Waals surface area contributed by atoms with Gasteiger partial charge in [0.2, 0.25) is 0 Å². The standard InChI is InChI=1S/C18H23F3N2O3/c1-13(22-16-5-3-4-15(11-16)18(19,20)21)10-17(24)26-14(2)12-23-6-8-25-9-7-23/h3-5,11,14H,6-10,12H2,1-2H3. The van der Waals surface area contributed by atoms with E-state index in [1.54, 1.807) is 6.92 Å². The van der Waals surface area contributed by atoms with Crippen LogP contribution in [0.15, 0.2) is 29.3 Å². The maximum absolute atomic E-state index is 12.7. The normalized spacial score (nSPS) is 17.8. The number of nitrogens with zero attached hydrogens (tertiary/aromatic N) is 2. The molecule has 144 valence electrons. The number of hydrogen-bond acceptors (Lipinski definition) is 5. The smallest absolute Gasteiger partial charge is 0.416 e. The monoisotopic (exact) mass is 372 g/mol. The Bertz CT molecular complexity index is 641. The van der Waals surface area contributed by atoms with Crippen LogP contribution in [0, 0.1) is 0 Å². The van der Waals surface area contributed by atoms with Crippen LogP contribution >= 0.6 is 0 Å². The fraction of sp³-hybridized carbons (Fsp3) is 0.556. The molecular weight excluding hydrogens is 349 g/mol. The Balaban J connectivity index is 1.86. The van der Waals surface area contributed by atoms with Gasteiger partial charge < -0.3 is 9.47 Å². The predicted molar refractivity (Wildman–Crippen MR) is 91.6 cm³/mol. The van der Waals surface area contributed by atoms with E-state index in [4.69, 9.17) is 9.47 Å². The van der Waals surface area contributed by atoms with E-state index in [1.807, 2.05) is 6.92 Å². The quantitative estimate of drug-likeness (QED) is 0.567. The molecule has 1 aromatic carbocycles. The number of aliphatic imine (C=N–C) groups is 1. The fourth-order valence-corrected chi connectivity index (χ4v) is 2.67. The molecule has 0 aliphatic carbocycles. The lowest BCUT2D eigenvalue weighted by Crippen LogP contribution is -2.41. The molecular formula is C18H23F3N2O3. The molecule has 1 saturated heterocycles. The lowest BCUT2D eigenvalue weighted by molar-refractivity contribution is -0.148. The highest BCUT2D eigenvalue weighted by molar-refractivity contribution is 5.98. The van der Waals surface area contributed by atoms with Crippen LogP contribution in [0.4, 0.5) is 18.9 Å². The third kappa shape index (κ3) is 6.76. The van der Waals surface area contributed by atoms with Gasteiger partial charge in [0.1, 0.15) is 6.10 Å². The lowest BCUT2D eigenvalue weighted by Gasteiger charge is -2.28. The highest BCUT2D eigenvalue weighted by Gasteiger charge is 2.30. The Morgan fingerprint density at radius 1 is 1.35 bits per heavy atom. The Labute approximate surface area is 150 Å². The molecule has 0 amide bonds. The number of esters is 1. The van der Waals surface area contributed by atoms with Crippen molar-refractivity contribution in [3.63, 3.8) is 0 Å². The van der Waals surface area contributed by atoms with Gasteiger partial charge in [0.15, 0.2) is 0 Å². The second-order valence-corrected chi connectivity index (χ2v) is 6.29. The predicted octanol–water partition coefficient (Wildman–Crippen LogP) is 3.45. The molecule has 0 aromatic heterocycles. The van der Waals surface area contributed by atoms with Crippen molar-refractivity contribution >= 4 is 17.4 Å². The van der Waals surface area contributed by atoms with Gasteiger partial charge in [0.25, 0.3) is 0 Å². The molecule has 1 aliphatic heterocycles. The molecule has 0 spiro atoms. The number of ether oxygens (including phenoxy) is 2. The fourth-order valence-electron chi connectivity index (χ4n) is 2.67. The first-order valence-corrected chi connectivity index (χ1v) is 8.45. The molecule has 26 heavy (non-hydrogen) atoms. The first-order valence-electron chi connectivity index (χ1n) is 8.45. The van der Waals surface area contributed by atoms with Crippen molar-refractivity contribution < 1.29 is 27.4 Å². The van der Waals surface area contributed by atoms with Crippen molar-refractivity contribution in [1.29, 1.82) is 0 Å². The third-order valence-electron chi connectivity index (χ3n) is 3.85. The number of alkyl halides is 3. The second-order valence-electron chi connectivity index (χ2n) is 6.29. The largest absolute Gasteiger partial charge is 0.461 e. The molecule has 1 fully saturated rings. The summed E-state index contributed by atoms with van der Waals surface area (Å²) in [6.07, 6.45) is -4.77. The van der Waals surface area contributed by atoms with E-state index in [0.717, 1.165) is 25.2 Å². The van der Waals surface area contributed by atoms with E-state index in [-0.39, 0.29) is 18.2 Å². The van der Waals surface area contributed by atoms with Gasteiger partial charge in [-0.3, -0.25) is 14.7 Å². The Kier molecular flexibility index (Phi) is 7.16. The zero-order valence-corrected chi connectivity index (χ0v) is 14.9. The summed E-state index contributed by atoms with van der Waals surface area (Å²) in [4.78, 5) is 18.2. The summed E-state index contributed by atoms with van der Waals surface area (Å²) in [6, 6.07) is 4.69. The number of hydrogen-bond donors (Lipinski definition) is 0. The minimum absolute atomic E-state index is 0.0658. The Hall–Kier alpha value is -1.93. The summed E-state index contributed by atoms with van der Waals surface area (Å²) in [5, 5.41) is 0. The average Bonchev–Trinajstić information content (AvgIpc) is 2.54. The molecule has 2 rings (SSSR count). The Morgan fingerprint density at radius 2 is 2.04 bits per heavy atom. The maximum atomic E-state index is 12.7. The van der Waals surface area contributed by atoms with Crippen LogP contribution in [-0.4, -0.2) is 55.5 Å². The molecule has 1 atom stereocenters. The van der Waals surface area contributed by atoms with Gasteiger partial charge in [-0.15, -0.1) is 0 Å². The zero-order valence-electron chi connectivity index (χ0n) is 14.9. The van der Waals surface area contributed by atoms with Crippen LogP contribution in [-0.2, 0) is 20.4 Å². The van der Waals surface area contributed by atoms with E-state index < -0.39 is 17.7 Å². The molecule has 8 heteroatoms. The first kappa shape index (κ1) is 20.4. The minimum atomic E-state index is -4.42. The van der Waals surface area contributed by atoms with Crippen molar-refractivity contribution in [1.82, 2.24) is 4.90 Å². The van der Waals surface area contributed by atoms with E-state index in [0.29, 0.717) is 25.5 Å². The van der Waals surface area contributed by atoms with Crippen molar-refractivity contribution in [2.24, 2.45) is 4.99 Å². The third-order valence-corrected chi connectivity index (χ3v) is 3.85. The van der Waals surface area contributed by atoms with Gasteiger partial charge in [-0.05, 0) is 32.0 Å². The van der Waals surface area contributed by atoms with E-state index in [1.165, 1.54) is 12.1 Å². The van der Waals surface area contributed by atoms with Gasteiger partial charge in [-0.25, -0.2) is 0 Å². The minimum Gasteiger partial charge on any atom is -0.461 e. The van der Waals surface area contributed by atoms with Crippen molar-refractivity contribution in [3.8, 4) is 0 Å². The van der Waals surface area contributed by atoms with Crippen molar-refractivity contribution in [3.05, 3.63) is 29.8 Å². The molecule has 1 heterocycles. The van der Waals surface area contributed by atoms with Crippen LogP contribution < -0.4 is 0 Å². The molecule has 0 bridgehead atoms. The highest BCUT2D eigenvalue weighted by atomic mass is 19.4. The second kappa shape index (κ2) is 9.14. The summed E-state index contributed by atoms with van der Waals surface area (Å²) >= 11 is 0. The van der Waals surface area contributed by atoms with Crippen molar-refractivity contribution in [2.45, 2.75) is 32.5 Å². The molecule has 0 N–H and O–H groups in total. The first-order chi connectivity index (χ1) is 12.2. The maximum Gasteiger partial charge on any atom is 0.416 e. The molecule has 1 unspecified atom stereocenters. The topological polar surface area (TPSA) is 51.1 Å². The molecule has 1 aromatic rings. The van der Waals surface area contributed by atoms with Gasteiger partial charge in [0, 0.05) is 25.3 Å². The van der Waals surface area contributed by atoms with Crippen LogP contribution in [0.1, 0.15) is 25.8 Å². The van der Waals surface area contributed by atoms with Crippen LogP contribution in [0.2, 0.25) is 0 Å². The number of carbonyl (C=O) groups excluding carboxylic acids is 1. The molecule has 5 nitrogen and oxygen atoms in total. The highest BCUT2D eigenvalue weighted by Crippen LogP contribution is 2.31. The number of rotatable bonds is 6. The molecule has 0 saturated carbocycles. The summed E-state index contributed by atoms with van der Waals surface area (Å²) in [6.45, 7) is 6.97. The summed E-state index contributed by atoms with van der Waals surface area (Å²) in [5.41, 5.74) is -0.215. The van der Waals surface area contributed by atoms with Crippen LogP contribution in [0.5, 0.6) is 0 Å². The van der Waals surface area contributed by atoms with Gasteiger partial charge >= 0.3 is 12.1 Å². The zero-order chi connectivity index (χ0) is 19.2. The summed E-state index contributed by atoms with van der Waals surface area (Å²) < 4.78 is 48.8. The van der Waals surface area contributed by atoms with Crippen LogP contribution in [0.3, 0.4) is 0 Å². The van der Waals surface area contributed by atoms with E-state index >= 15 is 0 Å². The van der Waals surface area contributed by atoms with E-state index in [9.17, 15) is 18.0 Å². The van der Waals surface area contributed by atoms with Gasteiger partial charge in [0.05, 0.1) is 30.9 Å². The van der Waals surface area contributed by atoms with Gasteiger partial charge in [-0.1, -0.05) is 6.07 Å². The lowest BCUT2D eigenvalue weighted by atomic mass is 10.2. The average molecular weight is 372 g/mol. The number of benzene rings is 1. The molecule has 0 radical (unpaired) electrons. The number of morpholine rings is 1. The SMILES string of the molecule is CC(CC(=O)OC(C)CN1CCOCC1)=Nc1cccc(C(F)(F)F)c1.